The molecule has 1 unspecified atom stereocenters. The van der Waals surface area contributed by atoms with E-state index in [0.717, 1.165) is 28.8 Å². The highest BCUT2D eigenvalue weighted by Crippen LogP contribution is 2.51. The van der Waals surface area contributed by atoms with E-state index in [1.165, 1.54) is 15.9 Å². The Morgan fingerprint density at radius 3 is 2.36 bits per heavy atom. The fourth-order valence-corrected chi connectivity index (χ4v) is 5.85. The first-order valence-electron chi connectivity index (χ1n) is 12.7. The van der Waals surface area contributed by atoms with E-state index >= 15 is 0 Å². The summed E-state index contributed by atoms with van der Waals surface area (Å²) >= 11 is 0. The first-order chi connectivity index (χ1) is 18.6. The number of fused-ring (bicyclic) bond motifs is 3. The van der Waals surface area contributed by atoms with Crippen molar-refractivity contribution in [2.45, 2.75) is 31.4 Å². The zero-order valence-corrected chi connectivity index (χ0v) is 21.4. The number of likely N-dealkylation sites (N-methyl/N-ethyl adjacent to an activating group) is 1. The molecule has 6 rings (SSSR count). The minimum absolute atomic E-state index is 0.0357. The molecule has 2 heterocycles. The standard InChI is InChI=1S/C30H25F3N4O2/c1-3-36-25-12-10-22(30(31,32)33)16-26(25)37(23-7-5-4-6-8-23)28(39)29(27(36)38)14-13-20-15-19(9-11-24(20)29)21-17-34-35(2)18-21/h4-12,15-18H,3,13-14H2,1-2H3. The predicted octanol–water partition coefficient (Wildman–Crippen LogP) is 6.02. The summed E-state index contributed by atoms with van der Waals surface area (Å²) in [5.41, 5.74) is 1.52. The summed E-state index contributed by atoms with van der Waals surface area (Å²) in [4.78, 5) is 31.8. The van der Waals surface area contributed by atoms with E-state index in [-0.39, 0.29) is 24.3 Å². The summed E-state index contributed by atoms with van der Waals surface area (Å²) in [6, 6.07) is 17.4. The smallest absolute Gasteiger partial charge is 0.309 e. The summed E-state index contributed by atoms with van der Waals surface area (Å²) in [5.74, 6) is -0.981. The molecule has 4 aromatic rings. The van der Waals surface area contributed by atoms with Gasteiger partial charge >= 0.3 is 6.18 Å². The maximum atomic E-state index is 14.7. The van der Waals surface area contributed by atoms with Crippen LogP contribution >= 0.6 is 0 Å². The molecular weight excluding hydrogens is 505 g/mol. The Hall–Kier alpha value is -4.40. The van der Waals surface area contributed by atoms with E-state index in [2.05, 4.69) is 5.10 Å². The number of anilines is 3. The fourth-order valence-electron chi connectivity index (χ4n) is 5.85. The second-order valence-electron chi connectivity index (χ2n) is 9.91. The van der Waals surface area contributed by atoms with Crippen molar-refractivity contribution < 1.29 is 22.8 Å². The fraction of sp³-hybridized carbons (Fsp3) is 0.233. The van der Waals surface area contributed by atoms with Gasteiger partial charge in [0.15, 0.2) is 5.41 Å². The number of carbonyl (C=O) groups excluding carboxylic acids is 2. The number of hydrogen-bond acceptors (Lipinski definition) is 3. The van der Waals surface area contributed by atoms with Crippen LogP contribution in [-0.2, 0) is 34.6 Å². The highest BCUT2D eigenvalue weighted by molar-refractivity contribution is 6.27. The second-order valence-corrected chi connectivity index (χ2v) is 9.91. The molecule has 0 bridgehead atoms. The quantitative estimate of drug-likeness (QED) is 0.305. The molecule has 1 aliphatic heterocycles. The first kappa shape index (κ1) is 24.9. The predicted molar refractivity (Wildman–Crippen MR) is 142 cm³/mol. The molecule has 1 aliphatic carbocycles. The number of rotatable bonds is 3. The summed E-state index contributed by atoms with van der Waals surface area (Å²) in [5, 5.41) is 4.23. The monoisotopic (exact) mass is 530 g/mol. The van der Waals surface area contributed by atoms with Crippen molar-refractivity contribution in [1.82, 2.24) is 9.78 Å². The number of carbonyl (C=O) groups is 2. The molecule has 0 fully saturated rings. The number of benzene rings is 3. The number of hydrogen-bond donors (Lipinski definition) is 0. The topological polar surface area (TPSA) is 58.4 Å². The van der Waals surface area contributed by atoms with Gasteiger partial charge in [-0.05, 0) is 66.8 Å². The van der Waals surface area contributed by atoms with Gasteiger partial charge in [0, 0.05) is 31.0 Å². The van der Waals surface area contributed by atoms with E-state index in [4.69, 9.17) is 0 Å². The molecule has 39 heavy (non-hydrogen) atoms. The normalized spacial score (nSPS) is 18.9. The van der Waals surface area contributed by atoms with Crippen LogP contribution in [0.25, 0.3) is 11.1 Å². The number of para-hydroxylation sites is 1. The largest absolute Gasteiger partial charge is 0.416 e. The zero-order chi connectivity index (χ0) is 27.5. The van der Waals surface area contributed by atoms with Gasteiger partial charge in [-0.3, -0.25) is 19.2 Å². The highest BCUT2D eigenvalue weighted by Gasteiger charge is 2.57. The van der Waals surface area contributed by atoms with Crippen LogP contribution in [0.5, 0.6) is 0 Å². The molecule has 1 aromatic heterocycles. The average molecular weight is 531 g/mol. The van der Waals surface area contributed by atoms with E-state index in [0.29, 0.717) is 17.7 Å². The van der Waals surface area contributed by atoms with Gasteiger partial charge in [-0.1, -0.05) is 36.4 Å². The van der Waals surface area contributed by atoms with Gasteiger partial charge in [-0.25, -0.2) is 0 Å². The van der Waals surface area contributed by atoms with Gasteiger partial charge < -0.3 is 4.90 Å². The molecule has 0 N–H and O–H groups in total. The third-order valence-corrected chi connectivity index (χ3v) is 7.72. The van der Waals surface area contributed by atoms with Gasteiger partial charge in [0.25, 0.3) is 5.91 Å². The van der Waals surface area contributed by atoms with Crippen molar-refractivity contribution in [1.29, 1.82) is 0 Å². The van der Waals surface area contributed by atoms with Crippen LogP contribution in [0.2, 0.25) is 0 Å². The molecule has 2 amide bonds. The number of nitrogens with zero attached hydrogens (tertiary/aromatic N) is 4. The van der Waals surface area contributed by atoms with Crippen molar-refractivity contribution in [3.05, 3.63) is 95.8 Å². The van der Waals surface area contributed by atoms with Crippen LogP contribution in [0.1, 0.15) is 30.0 Å². The highest BCUT2D eigenvalue weighted by atomic mass is 19.4. The lowest BCUT2D eigenvalue weighted by Gasteiger charge is -2.32. The maximum absolute atomic E-state index is 14.7. The lowest BCUT2D eigenvalue weighted by Crippen LogP contribution is -2.53. The summed E-state index contributed by atoms with van der Waals surface area (Å²) in [6.07, 6.45) is -0.283. The Labute approximate surface area is 223 Å². The molecule has 1 spiro atoms. The van der Waals surface area contributed by atoms with Crippen molar-refractivity contribution in [2.24, 2.45) is 7.05 Å². The minimum atomic E-state index is -4.62. The van der Waals surface area contributed by atoms with Crippen LogP contribution in [0.3, 0.4) is 0 Å². The Balaban J connectivity index is 1.58. The molecule has 0 radical (unpaired) electrons. The van der Waals surface area contributed by atoms with Gasteiger partial charge in [0.05, 0.1) is 23.1 Å². The van der Waals surface area contributed by atoms with Crippen LogP contribution in [0.15, 0.2) is 79.1 Å². The Morgan fingerprint density at radius 2 is 1.69 bits per heavy atom. The zero-order valence-electron chi connectivity index (χ0n) is 21.4. The van der Waals surface area contributed by atoms with E-state index in [9.17, 15) is 22.8 Å². The number of amides is 2. The SMILES string of the molecule is CCN1C(=O)C2(CCc3cc(-c4cnn(C)c4)ccc32)C(=O)N(c2ccccc2)c2cc(C(F)(F)F)ccc21. The minimum Gasteiger partial charge on any atom is -0.309 e. The molecule has 1 atom stereocenters. The van der Waals surface area contributed by atoms with Gasteiger partial charge in [0.1, 0.15) is 0 Å². The Bertz CT molecular complexity index is 1610. The van der Waals surface area contributed by atoms with Crippen molar-refractivity contribution in [3.63, 3.8) is 0 Å². The molecule has 9 heteroatoms. The third kappa shape index (κ3) is 3.75. The lowest BCUT2D eigenvalue weighted by molar-refractivity contribution is -0.138. The van der Waals surface area contributed by atoms with Crippen molar-refractivity contribution in [2.75, 3.05) is 16.3 Å². The summed E-state index contributed by atoms with van der Waals surface area (Å²) in [6.45, 7) is 1.95. The molecule has 3 aromatic carbocycles. The van der Waals surface area contributed by atoms with Crippen LogP contribution in [0, 0.1) is 0 Å². The van der Waals surface area contributed by atoms with Crippen LogP contribution < -0.4 is 9.80 Å². The average Bonchev–Trinajstić information content (AvgIpc) is 3.52. The molecular formula is C30H25F3N4O2. The molecule has 2 aliphatic rings. The lowest BCUT2D eigenvalue weighted by atomic mass is 9.78. The van der Waals surface area contributed by atoms with E-state index < -0.39 is 29.0 Å². The van der Waals surface area contributed by atoms with Gasteiger partial charge in [0.2, 0.25) is 5.91 Å². The number of alkyl halides is 3. The van der Waals surface area contributed by atoms with Crippen LogP contribution in [-0.4, -0.2) is 28.1 Å². The van der Waals surface area contributed by atoms with Gasteiger partial charge in [-0.15, -0.1) is 0 Å². The van der Waals surface area contributed by atoms with E-state index in [1.807, 2.05) is 31.4 Å². The molecule has 198 valence electrons. The second kappa shape index (κ2) is 8.83. The number of halogens is 3. The number of aryl methyl sites for hydroxylation is 2. The van der Waals surface area contributed by atoms with Gasteiger partial charge in [-0.2, -0.15) is 18.3 Å². The van der Waals surface area contributed by atoms with Crippen LogP contribution in [0.4, 0.5) is 30.2 Å². The summed E-state index contributed by atoms with van der Waals surface area (Å²) in [7, 11) is 1.83. The Kier molecular flexibility index (Phi) is 5.64. The maximum Gasteiger partial charge on any atom is 0.416 e. The molecule has 0 saturated carbocycles. The first-order valence-corrected chi connectivity index (χ1v) is 12.7. The van der Waals surface area contributed by atoms with Crippen molar-refractivity contribution in [3.8, 4) is 11.1 Å². The Morgan fingerprint density at radius 1 is 0.923 bits per heavy atom. The van der Waals surface area contributed by atoms with Crippen molar-refractivity contribution >= 4 is 28.9 Å². The third-order valence-electron chi connectivity index (χ3n) is 7.72. The molecule has 6 nitrogen and oxygen atoms in total. The number of aromatic nitrogens is 2. The summed E-state index contributed by atoms with van der Waals surface area (Å²) < 4.78 is 43.2. The molecule has 0 saturated heterocycles. The van der Waals surface area contributed by atoms with E-state index in [1.54, 1.807) is 48.1 Å².